The third-order valence-electron chi connectivity index (χ3n) is 4.70. The maximum Gasteiger partial charge on any atom is 0.389 e. The Kier molecular flexibility index (Phi) is 10.2. The predicted octanol–water partition coefficient (Wildman–Crippen LogP) is 5.68. The van der Waals surface area contributed by atoms with Crippen molar-refractivity contribution in [3.63, 3.8) is 0 Å². The van der Waals surface area contributed by atoms with Crippen LogP contribution in [0.1, 0.15) is 74.9 Å². The molecule has 0 bridgehead atoms. The van der Waals surface area contributed by atoms with Crippen LogP contribution >= 0.6 is 0 Å². The Morgan fingerprint density at radius 1 is 1.22 bits per heavy atom. The number of Topliss-reactive ketones (excluding diaryl/α,β-unsaturated/α-hetero) is 1. The second-order valence-corrected chi connectivity index (χ2v) is 7.58. The number of aromatic hydroxyl groups is 1. The molecule has 0 saturated carbocycles. The molecule has 9 heteroatoms. The van der Waals surface area contributed by atoms with Crippen molar-refractivity contribution in [1.82, 2.24) is 0 Å². The van der Waals surface area contributed by atoms with Crippen LogP contribution in [0.2, 0.25) is 0 Å². The van der Waals surface area contributed by atoms with Gasteiger partial charge in [0.25, 0.3) is 0 Å². The van der Waals surface area contributed by atoms with E-state index in [9.17, 15) is 32.7 Å². The van der Waals surface area contributed by atoms with E-state index in [0.29, 0.717) is 18.4 Å². The number of halogens is 3. The van der Waals surface area contributed by atoms with Gasteiger partial charge in [0, 0.05) is 24.5 Å². The number of allylic oxidation sites excluding steroid dienone is 5. The van der Waals surface area contributed by atoms with Crippen LogP contribution in [0, 0.1) is 0 Å². The molecule has 0 spiro atoms. The fourth-order valence-corrected chi connectivity index (χ4v) is 2.81. The molecule has 1 heterocycles. The molecule has 1 atom stereocenters. The first-order chi connectivity index (χ1) is 14.8. The van der Waals surface area contributed by atoms with Crippen molar-refractivity contribution in [3.8, 4) is 5.75 Å². The van der Waals surface area contributed by atoms with Gasteiger partial charge in [-0.3, -0.25) is 4.79 Å². The Morgan fingerprint density at radius 3 is 2.44 bits per heavy atom. The Morgan fingerprint density at radius 2 is 1.88 bits per heavy atom. The van der Waals surface area contributed by atoms with E-state index in [1.165, 1.54) is 31.2 Å². The van der Waals surface area contributed by atoms with Gasteiger partial charge >= 0.3 is 17.8 Å². The molecule has 0 radical (unpaired) electrons. The Bertz CT molecular complexity index is 967. The molecular weight excluding hydrogens is 429 g/mol. The summed E-state index contributed by atoms with van der Waals surface area (Å²) in [6.07, 6.45) is 1.25. The van der Waals surface area contributed by atoms with Crippen LogP contribution in [0.3, 0.4) is 0 Å². The number of carbonyl (C=O) groups excluding carboxylic acids is 1. The summed E-state index contributed by atoms with van der Waals surface area (Å²) in [5.41, 5.74) is -0.777. The molecule has 1 rings (SSSR count). The van der Waals surface area contributed by atoms with Crippen LogP contribution in [-0.2, 0) is 4.79 Å². The first-order valence-corrected chi connectivity index (χ1v) is 10.0. The van der Waals surface area contributed by atoms with Gasteiger partial charge in [-0.25, -0.2) is 9.59 Å². The van der Waals surface area contributed by atoms with E-state index in [2.05, 4.69) is 0 Å². The molecule has 0 amide bonds. The van der Waals surface area contributed by atoms with Crippen LogP contribution in [0.5, 0.6) is 5.75 Å². The highest BCUT2D eigenvalue weighted by Gasteiger charge is 2.26. The van der Waals surface area contributed by atoms with E-state index in [0.717, 1.165) is 6.08 Å². The summed E-state index contributed by atoms with van der Waals surface area (Å²) >= 11 is 0. The maximum absolute atomic E-state index is 12.6. The second kappa shape index (κ2) is 12.1. The summed E-state index contributed by atoms with van der Waals surface area (Å²) in [7, 11) is 0. The summed E-state index contributed by atoms with van der Waals surface area (Å²) in [4.78, 5) is 35.3. The van der Waals surface area contributed by atoms with Crippen molar-refractivity contribution in [1.29, 1.82) is 0 Å². The van der Waals surface area contributed by atoms with Gasteiger partial charge in [-0.05, 0) is 45.1 Å². The first-order valence-electron chi connectivity index (χ1n) is 10.0. The lowest BCUT2D eigenvalue weighted by molar-refractivity contribution is -0.135. The van der Waals surface area contributed by atoms with Gasteiger partial charge in [-0.15, -0.1) is 0 Å². The van der Waals surface area contributed by atoms with E-state index >= 15 is 0 Å². The third-order valence-corrected chi connectivity index (χ3v) is 4.70. The van der Waals surface area contributed by atoms with E-state index in [4.69, 9.17) is 9.52 Å². The van der Waals surface area contributed by atoms with Crippen molar-refractivity contribution in [2.24, 2.45) is 0 Å². The third kappa shape index (κ3) is 9.36. The molecule has 1 unspecified atom stereocenters. The highest BCUT2D eigenvalue weighted by atomic mass is 19.4. The smallest absolute Gasteiger partial charge is 0.389 e. The topological polar surface area (TPSA) is 105 Å². The van der Waals surface area contributed by atoms with Crippen molar-refractivity contribution < 1.29 is 37.4 Å². The van der Waals surface area contributed by atoms with Gasteiger partial charge in [0.15, 0.2) is 5.78 Å². The zero-order chi connectivity index (χ0) is 24.5. The van der Waals surface area contributed by atoms with Crippen LogP contribution in [0.25, 0.3) is 0 Å². The maximum atomic E-state index is 12.6. The van der Waals surface area contributed by atoms with Crippen molar-refractivity contribution in [3.05, 3.63) is 63.3 Å². The predicted molar refractivity (Wildman–Crippen MR) is 113 cm³/mol. The molecule has 0 aromatic carbocycles. The van der Waals surface area contributed by atoms with Crippen molar-refractivity contribution >= 4 is 11.8 Å². The van der Waals surface area contributed by atoms with Gasteiger partial charge < -0.3 is 14.6 Å². The molecule has 0 aliphatic rings. The number of aliphatic carboxylic acids is 1. The summed E-state index contributed by atoms with van der Waals surface area (Å²) in [6.45, 7) is 4.79. The Balaban J connectivity index is 2.90. The number of hydrogen-bond acceptors (Lipinski definition) is 5. The number of carboxylic acid groups (broad SMARTS) is 1. The van der Waals surface area contributed by atoms with E-state index in [1.807, 2.05) is 0 Å². The minimum Gasteiger partial charge on any atom is -0.507 e. The lowest BCUT2D eigenvalue weighted by atomic mass is 9.99. The van der Waals surface area contributed by atoms with E-state index in [-0.39, 0.29) is 30.1 Å². The number of ketones is 1. The van der Waals surface area contributed by atoms with Gasteiger partial charge in [0.1, 0.15) is 17.1 Å². The molecule has 176 valence electrons. The van der Waals surface area contributed by atoms with E-state index < -0.39 is 41.3 Å². The molecule has 0 aliphatic heterocycles. The van der Waals surface area contributed by atoms with Gasteiger partial charge in [-0.1, -0.05) is 30.7 Å². The highest BCUT2D eigenvalue weighted by molar-refractivity contribution is 6.09. The molecule has 32 heavy (non-hydrogen) atoms. The van der Waals surface area contributed by atoms with Crippen molar-refractivity contribution in [2.75, 3.05) is 0 Å². The molecule has 1 aromatic rings. The lowest BCUT2D eigenvalue weighted by Crippen LogP contribution is -2.16. The average molecular weight is 456 g/mol. The zero-order valence-corrected chi connectivity index (χ0v) is 18.2. The highest BCUT2D eigenvalue weighted by Crippen LogP contribution is 2.26. The second-order valence-electron chi connectivity index (χ2n) is 7.58. The Hall–Kier alpha value is -3.10. The van der Waals surface area contributed by atoms with E-state index in [1.54, 1.807) is 13.8 Å². The number of hydrogen-bond donors (Lipinski definition) is 2. The summed E-state index contributed by atoms with van der Waals surface area (Å²) < 4.78 is 41.8. The minimum absolute atomic E-state index is 0.0667. The average Bonchev–Trinajstić information content (AvgIpc) is 2.67. The minimum atomic E-state index is -4.22. The number of alkyl halides is 3. The molecular formula is C23H27F3O6. The standard InChI is InChI=1S/C23H27F3O6/c1-14(7-6-12-23(24,25)26)10-11-16(3)21(30)20-17(27)13-18(32-22(20)31)15(2)8-4-5-9-19(28)29/h5,9-11,13,15,27H,4,6-8,12H2,1-3H3,(H,28,29)/b9-5+,14-10-,16-11+. The lowest BCUT2D eigenvalue weighted by Gasteiger charge is -2.11. The molecule has 6 nitrogen and oxygen atoms in total. The number of carboxylic acids is 1. The largest absolute Gasteiger partial charge is 0.507 e. The SMILES string of the molecule is C/C(=C/C=C(\C)C(=O)c1c(O)cc(C(C)CC/C=C/C(=O)O)oc1=O)CCCC(F)(F)F. The normalized spacial score (nSPS) is 14.1. The fraction of sp³-hybridized carbons (Fsp3) is 0.435. The monoisotopic (exact) mass is 456 g/mol. The van der Waals surface area contributed by atoms with Crippen LogP contribution in [-0.4, -0.2) is 28.1 Å². The molecule has 2 N–H and O–H groups in total. The Labute approximate surface area is 183 Å². The molecule has 0 aliphatic carbocycles. The van der Waals surface area contributed by atoms with Gasteiger partial charge in [-0.2, -0.15) is 13.2 Å². The quantitative estimate of drug-likeness (QED) is 0.252. The summed E-state index contributed by atoms with van der Waals surface area (Å²) in [6, 6.07) is 1.19. The van der Waals surface area contributed by atoms with Crippen LogP contribution in [0.4, 0.5) is 13.2 Å². The molecule has 0 saturated heterocycles. The zero-order valence-electron chi connectivity index (χ0n) is 18.2. The number of carbonyl (C=O) groups is 2. The van der Waals surface area contributed by atoms with Crippen LogP contribution < -0.4 is 5.63 Å². The summed E-state index contributed by atoms with van der Waals surface area (Å²) in [5.74, 6) is -2.50. The molecule has 1 aromatic heterocycles. The number of rotatable bonds is 11. The van der Waals surface area contributed by atoms with Crippen molar-refractivity contribution in [2.45, 2.75) is 65.0 Å². The van der Waals surface area contributed by atoms with Crippen LogP contribution in [0.15, 0.2) is 50.7 Å². The molecule has 0 fully saturated rings. The van der Waals surface area contributed by atoms with Gasteiger partial charge in [0.2, 0.25) is 0 Å². The fourth-order valence-electron chi connectivity index (χ4n) is 2.81. The summed E-state index contributed by atoms with van der Waals surface area (Å²) in [5, 5.41) is 18.8. The first kappa shape index (κ1) is 26.9. The van der Waals surface area contributed by atoms with Gasteiger partial charge in [0.05, 0.1) is 0 Å².